The first-order valence-corrected chi connectivity index (χ1v) is 4.59. The molecule has 0 heterocycles. The highest BCUT2D eigenvalue weighted by Gasteiger charge is 2.05. The Morgan fingerprint density at radius 1 is 1.23 bits per heavy atom. The van der Waals surface area contributed by atoms with Gasteiger partial charge in [-0.15, -0.1) is 12.4 Å². The number of thiol groups is 1. The van der Waals surface area contributed by atoms with Crippen molar-refractivity contribution < 1.29 is 0 Å². The lowest BCUT2D eigenvalue weighted by Gasteiger charge is -2.16. The molecule has 0 aliphatic carbocycles. The van der Waals surface area contributed by atoms with E-state index in [0.717, 1.165) is 6.54 Å². The minimum Gasteiger partial charge on any atom is -0.308 e. The number of nitrogens with zero attached hydrogens (tertiary/aromatic N) is 1. The summed E-state index contributed by atoms with van der Waals surface area (Å²) in [7, 11) is 4.12. The van der Waals surface area contributed by atoms with Crippen LogP contribution in [0.15, 0.2) is 30.3 Å². The van der Waals surface area contributed by atoms with E-state index < -0.39 is 0 Å². The SMILES string of the molecule is CN(C)CC(S)c1ccccc1.Cl. The lowest BCUT2D eigenvalue weighted by atomic mass is 10.1. The van der Waals surface area contributed by atoms with Gasteiger partial charge in [0.15, 0.2) is 0 Å². The van der Waals surface area contributed by atoms with Gasteiger partial charge in [0.1, 0.15) is 0 Å². The van der Waals surface area contributed by atoms with Gasteiger partial charge >= 0.3 is 0 Å². The minimum atomic E-state index is 0. The predicted molar refractivity (Wildman–Crippen MR) is 64.0 cm³/mol. The molecular weight excluding hydrogens is 202 g/mol. The Bertz CT molecular complexity index is 226. The first kappa shape index (κ1) is 12.8. The molecule has 0 saturated heterocycles. The zero-order valence-corrected chi connectivity index (χ0v) is 9.68. The topological polar surface area (TPSA) is 3.24 Å². The highest BCUT2D eigenvalue weighted by molar-refractivity contribution is 7.80. The Morgan fingerprint density at radius 2 is 1.77 bits per heavy atom. The fourth-order valence-corrected chi connectivity index (χ4v) is 1.63. The van der Waals surface area contributed by atoms with Gasteiger partial charge in [-0.05, 0) is 19.7 Å². The Kier molecular flexibility index (Phi) is 6.21. The Balaban J connectivity index is 0.00000144. The third-order valence-electron chi connectivity index (χ3n) is 1.72. The second-order valence-corrected chi connectivity index (χ2v) is 3.81. The number of hydrogen-bond donors (Lipinski definition) is 1. The first-order valence-electron chi connectivity index (χ1n) is 4.08. The summed E-state index contributed by atoms with van der Waals surface area (Å²) in [5.41, 5.74) is 1.29. The third-order valence-corrected chi connectivity index (χ3v) is 2.18. The number of halogens is 1. The molecule has 1 aromatic rings. The van der Waals surface area contributed by atoms with Gasteiger partial charge in [0.2, 0.25) is 0 Å². The fraction of sp³-hybridized carbons (Fsp3) is 0.400. The van der Waals surface area contributed by atoms with Crippen molar-refractivity contribution in [1.29, 1.82) is 0 Å². The van der Waals surface area contributed by atoms with Gasteiger partial charge in [-0.3, -0.25) is 0 Å². The molecule has 0 amide bonds. The highest BCUT2D eigenvalue weighted by atomic mass is 35.5. The average Bonchev–Trinajstić information content (AvgIpc) is 2.05. The second kappa shape index (κ2) is 6.30. The van der Waals surface area contributed by atoms with Crippen molar-refractivity contribution >= 4 is 25.0 Å². The van der Waals surface area contributed by atoms with Crippen LogP contribution in [0.5, 0.6) is 0 Å². The van der Waals surface area contributed by atoms with Crippen LogP contribution in [0, 0.1) is 0 Å². The molecule has 0 bridgehead atoms. The molecule has 0 aromatic heterocycles. The quantitative estimate of drug-likeness (QED) is 0.762. The zero-order valence-electron chi connectivity index (χ0n) is 7.97. The Labute approximate surface area is 92.0 Å². The molecule has 1 rings (SSSR count). The number of benzene rings is 1. The van der Waals surface area contributed by atoms with Crippen molar-refractivity contribution in [3.8, 4) is 0 Å². The molecule has 3 heteroatoms. The summed E-state index contributed by atoms with van der Waals surface area (Å²) in [4.78, 5) is 2.14. The van der Waals surface area contributed by atoms with Gasteiger partial charge in [0.05, 0.1) is 0 Å². The van der Waals surface area contributed by atoms with E-state index in [1.165, 1.54) is 5.56 Å². The number of rotatable bonds is 3. The summed E-state index contributed by atoms with van der Waals surface area (Å²) >= 11 is 4.52. The molecule has 13 heavy (non-hydrogen) atoms. The predicted octanol–water partition coefficient (Wildman–Crippen LogP) is 2.64. The summed E-state index contributed by atoms with van der Waals surface area (Å²) in [6, 6.07) is 10.4. The van der Waals surface area contributed by atoms with Gasteiger partial charge < -0.3 is 4.90 Å². The monoisotopic (exact) mass is 217 g/mol. The van der Waals surface area contributed by atoms with Crippen LogP contribution >= 0.6 is 25.0 Å². The van der Waals surface area contributed by atoms with E-state index in [9.17, 15) is 0 Å². The van der Waals surface area contributed by atoms with Gasteiger partial charge in [-0.1, -0.05) is 30.3 Å². The van der Waals surface area contributed by atoms with E-state index in [1.54, 1.807) is 0 Å². The molecule has 0 fully saturated rings. The second-order valence-electron chi connectivity index (χ2n) is 3.19. The molecule has 1 atom stereocenters. The standard InChI is InChI=1S/C10H15NS.ClH/c1-11(2)8-10(12)9-6-4-3-5-7-9;/h3-7,10,12H,8H2,1-2H3;1H. The van der Waals surface area contributed by atoms with E-state index in [2.05, 4.69) is 43.8 Å². The van der Waals surface area contributed by atoms with Crippen LogP contribution in [0.25, 0.3) is 0 Å². The summed E-state index contributed by atoms with van der Waals surface area (Å²) in [6.45, 7) is 0.979. The summed E-state index contributed by atoms with van der Waals surface area (Å²) in [5.74, 6) is 0. The van der Waals surface area contributed by atoms with Crippen LogP contribution in [0.4, 0.5) is 0 Å². The molecule has 0 spiro atoms. The summed E-state index contributed by atoms with van der Waals surface area (Å²) in [5, 5.41) is 0.321. The maximum absolute atomic E-state index is 4.52. The normalized spacial score (nSPS) is 12.3. The lowest BCUT2D eigenvalue weighted by molar-refractivity contribution is 0.411. The van der Waals surface area contributed by atoms with Crippen LogP contribution in [-0.2, 0) is 0 Å². The maximum Gasteiger partial charge on any atom is 0.0394 e. The lowest BCUT2D eigenvalue weighted by Crippen LogP contribution is -2.17. The van der Waals surface area contributed by atoms with Gasteiger partial charge in [0.25, 0.3) is 0 Å². The van der Waals surface area contributed by atoms with Crippen LogP contribution in [-0.4, -0.2) is 25.5 Å². The first-order chi connectivity index (χ1) is 5.70. The number of hydrogen-bond acceptors (Lipinski definition) is 2. The minimum absolute atomic E-state index is 0. The zero-order chi connectivity index (χ0) is 8.97. The summed E-state index contributed by atoms with van der Waals surface area (Å²) < 4.78 is 0. The fourth-order valence-electron chi connectivity index (χ4n) is 1.13. The van der Waals surface area contributed by atoms with E-state index in [-0.39, 0.29) is 12.4 Å². The van der Waals surface area contributed by atoms with E-state index in [4.69, 9.17) is 0 Å². The number of likely N-dealkylation sites (N-methyl/N-ethyl adjacent to an activating group) is 1. The Morgan fingerprint density at radius 3 is 2.23 bits per heavy atom. The van der Waals surface area contributed by atoms with E-state index in [0.29, 0.717) is 5.25 Å². The molecule has 1 nitrogen and oxygen atoms in total. The van der Waals surface area contributed by atoms with Crippen LogP contribution in [0.3, 0.4) is 0 Å². The molecule has 0 saturated carbocycles. The Hall–Kier alpha value is -0.180. The van der Waals surface area contributed by atoms with E-state index >= 15 is 0 Å². The molecule has 0 aliphatic heterocycles. The van der Waals surface area contributed by atoms with Gasteiger partial charge in [-0.25, -0.2) is 0 Å². The molecule has 1 unspecified atom stereocenters. The maximum atomic E-state index is 4.52. The van der Waals surface area contributed by atoms with Gasteiger partial charge in [-0.2, -0.15) is 12.6 Å². The van der Waals surface area contributed by atoms with Crippen molar-refractivity contribution in [3.05, 3.63) is 35.9 Å². The molecule has 1 aromatic carbocycles. The van der Waals surface area contributed by atoms with Crippen molar-refractivity contribution in [1.82, 2.24) is 4.90 Å². The van der Waals surface area contributed by atoms with Crippen molar-refractivity contribution in [2.45, 2.75) is 5.25 Å². The molecule has 0 N–H and O–H groups in total. The van der Waals surface area contributed by atoms with Crippen molar-refractivity contribution in [3.63, 3.8) is 0 Å². The molecule has 0 aliphatic rings. The smallest absolute Gasteiger partial charge is 0.0394 e. The van der Waals surface area contributed by atoms with Crippen molar-refractivity contribution in [2.24, 2.45) is 0 Å². The van der Waals surface area contributed by atoms with Gasteiger partial charge in [0, 0.05) is 11.8 Å². The van der Waals surface area contributed by atoms with E-state index in [1.807, 2.05) is 18.2 Å². The third kappa shape index (κ3) is 4.55. The molecule has 0 radical (unpaired) electrons. The van der Waals surface area contributed by atoms with Crippen LogP contribution in [0.1, 0.15) is 10.8 Å². The van der Waals surface area contributed by atoms with Crippen molar-refractivity contribution in [2.75, 3.05) is 20.6 Å². The van der Waals surface area contributed by atoms with Crippen LogP contribution in [0.2, 0.25) is 0 Å². The van der Waals surface area contributed by atoms with Crippen LogP contribution < -0.4 is 0 Å². The molecular formula is C10H16ClNS. The largest absolute Gasteiger partial charge is 0.308 e. The average molecular weight is 218 g/mol. The molecule has 74 valence electrons. The highest BCUT2D eigenvalue weighted by Crippen LogP contribution is 2.19. The summed E-state index contributed by atoms with van der Waals surface area (Å²) in [6.07, 6.45) is 0.